The van der Waals surface area contributed by atoms with Crippen LogP contribution in [-0.2, 0) is 0 Å². The van der Waals surface area contributed by atoms with Crippen LogP contribution in [0.15, 0.2) is 0 Å². The lowest BCUT2D eigenvalue weighted by Crippen LogP contribution is -2.04. The van der Waals surface area contributed by atoms with Gasteiger partial charge in [0.15, 0.2) is 0 Å². The van der Waals surface area contributed by atoms with Crippen molar-refractivity contribution in [1.29, 1.82) is 0 Å². The first-order valence-corrected chi connectivity index (χ1v) is 3.17. The van der Waals surface area contributed by atoms with Gasteiger partial charge < -0.3 is 0 Å². The zero-order valence-corrected chi connectivity index (χ0v) is 6.07. The zero-order chi connectivity index (χ0) is 5.15. The Labute approximate surface area is 51.3 Å². The maximum Gasteiger partial charge on any atom is 0.109 e. The third-order valence-corrected chi connectivity index (χ3v) is 1.62. The first-order valence-electron chi connectivity index (χ1n) is 1.92. The van der Waals surface area contributed by atoms with E-state index in [1.54, 1.807) is 6.92 Å². The van der Waals surface area contributed by atoms with Gasteiger partial charge in [0.25, 0.3) is 0 Å². The monoisotopic (exact) mass is 202 g/mol. The normalized spacial score (nSPS) is 20.0. The van der Waals surface area contributed by atoms with Crippen LogP contribution >= 0.6 is 22.6 Å². The number of hydrogen-bond acceptors (Lipinski definition) is 0. The summed E-state index contributed by atoms with van der Waals surface area (Å²) < 4.78 is 12.0. The molecule has 0 aliphatic carbocycles. The minimum absolute atomic E-state index is 0.155. The SMILES string of the molecule is C[C@H](F)[C@H](C)I. The summed E-state index contributed by atoms with van der Waals surface area (Å²) in [4.78, 5) is 0. The average Bonchev–Trinajstić information content (AvgIpc) is 1.36. The summed E-state index contributed by atoms with van der Waals surface area (Å²) in [6, 6.07) is 0. The molecule has 0 aromatic heterocycles. The van der Waals surface area contributed by atoms with E-state index in [0.29, 0.717) is 0 Å². The van der Waals surface area contributed by atoms with Gasteiger partial charge in [-0.25, -0.2) is 4.39 Å². The zero-order valence-electron chi connectivity index (χ0n) is 3.91. The predicted octanol–water partition coefficient (Wildman–Crippen LogP) is 2.17. The first-order chi connectivity index (χ1) is 2.64. The molecule has 0 aromatic carbocycles. The standard InChI is InChI=1S/C4H8FI/c1-3(5)4(2)6/h3-4H,1-2H3/t3-,4-/m0/s1. The van der Waals surface area contributed by atoms with E-state index in [4.69, 9.17) is 0 Å². The molecule has 0 N–H and O–H groups in total. The van der Waals surface area contributed by atoms with Crippen LogP contribution in [-0.4, -0.2) is 10.1 Å². The molecule has 0 fully saturated rings. The Balaban J connectivity index is 2.99. The highest BCUT2D eigenvalue weighted by atomic mass is 127. The molecule has 0 nitrogen and oxygen atoms in total. The molecule has 0 amide bonds. The van der Waals surface area contributed by atoms with Gasteiger partial charge in [0.2, 0.25) is 0 Å². The molecule has 0 bridgehead atoms. The highest BCUT2D eigenvalue weighted by molar-refractivity contribution is 14.1. The van der Waals surface area contributed by atoms with Crippen molar-refractivity contribution < 1.29 is 4.39 Å². The van der Waals surface area contributed by atoms with Gasteiger partial charge in [-0.05, 0) is 6.92 Å². The van der Waals surface area contributed by atoms with Crippen LogP contribution in [0.25, 0.3) is 0 Å². The van der Waals surface area contributed by atoms with E-state index in [-0.39, 0.29) is 3.92 Å². The Morgan fingerprint density at radius 2 is 1.67 bits per heavy atom. The molecule has 0 saturated heterocycles. The molecule has 0 spiro atoms. The lowest BCUT2D eigenvalue weighted by Gasteiger charge is -1.99. The van der Waals surface area contributed by atoms with Gasteiger partial charge in [0.05, 0.1) is 0 Å². The van der Waals surface area contributed by atoms with Crippen LogP contribution in [0.4, 0.5) is 4.39 Å². The van der Waals surface area contributed by atoms with Crippen LogP contribution < -0.4 is 0 Å². The second-order valence-electron chi connectivity index (χ2n) is 1.36. The highest BCUT2D eigenvalue weighted by Crippen LogP contribution is 2.06. The molecule has 6 heavy (non-hydrogen) atoms. The molecule has 0 aromatic rings. The fraction of sp³-hybridized carbons (Fsp3) is 1.00. The summed E-state index contributed by atoms with van der Waals surface area (Å²) in [6.45, 7) is 3.42. The third-order valence-electron chi connectivity index (χ3n) is 0.633. The van der Waals surface area contributed by atoms with Crippen LogP contribution in [0.1, 0.15) is 13.8 Å². The van der Waals surface area contributed by atoms with E-state index in [1.165, 1.54) is 0 Å². The van der Waals surface area contributed by atoms with Gasteiger partial charge in [0.1, 0.15) is 6.17 Å². The van der Waals surface area contributed by atoms with Crippen LogP contribution in [0.5, 0.6) is 0 Å². The maximum atomic E-state index is 11.8. The average molecular weight is 202 g/mol. The lowest BCUT2D eigenvalue weighted by molar-refractivity contribution is 0.367. The van der Waals surface area contributed by atoms with Crippen molar-refractivity contribution in [3.8, 4) is 0 Å². The fourth-order valence-electron chi connectivity index (χ4n) is 0. The molecule has 2 atom stereocenters. The molecule has 0 rings (SSSR count). The molecule has 0 radical (unpaired) electrons. The fourth-order valence-corrected chi connectivity index (χ4v) is 0. The number of hydrogen-bond donors (Lipinski definition) is 0. The van der Waals surface area contributed by atoms with E-state index in [0.717, 1.165) is 0 Å². The Morgan fingerprint density at radius 3 is 1.67 bits per heavy atom. The van der Waals surface area contributed by atoms with E-state index in [1.807, 2.05) is 6.92 Å². The topological polar surface area (TPSA) is 0 Å². The van der Waals surface area contributed by atoms with Gasteiger partial charge >= 0.3 is 0 Å². The summed E-state index contributed by atoms with van der Waals surface area (Å²) in [6.07, 6.45) is -0.661. The largest absolute Gasteiger partial charge is 0.247 e. The summed E-state index contributed by atoms with van der Waals surface area (Å²) in [7, 11) is 0. The van der Waals surface area contributed by atoms with E-state index in [2.05, 4.69) is 22.6 Å². The quantitative estimate of drug-likeness (QED) is 0.451. The Bertz CT molecular complexity index is 28.5. The van der Waals surface area contributed by atoms with Crippen molar-refractivity contribution >= 4 is 22.6 Å². The molecule has 0 saturated carbocycles. The minimum Gasteiger partial charge on any atom is -0.247 e. The van der Waals surface area contributed by atoms with Crippen molar-refractivity contribution in [2.24, 2.45) is 0 Å². The van der Waals surface area contributed by atoms with Crippen molar-refractivity contribution in [3.63, 3.8) is 0 Å². The van der Waals surface area contributed by atoms with Gasteiger partial charge in [-0.2, -0.15) is 0 Å². The molecular weight excluding hydrogens is 194 g/mol. The summed E-state index contributed by atoms with van der Waals surface area (Å²) >= 11 is 2.06. The van der Waals surface area contributed by atoms with Crippen LogP contribution in [0.3, 0.4) is 0 Å². The Morgan fingerprint density at radius 1 is 1.50 bits per heavy atom. The van der Waals surface area contributed by atoms with Crippen molar-refractivity contribution in [2.75, 3.05) is 0 Å². The molecular formula is C4H8FI. The minimum atomic E-state index is -0.661. The van der Waals surface area contributed by atoms with Gasteiger partial charge in [0, 0.05) is 3.92 Å². The highest BCUT2D eigenvalue weighted by Gasteiger charge is 2.02. The second-order valence-corrected chi connectivity index (χ2v) is 3.32. The molecule has 2 heteroatoms. The van der Waals surface area contributed by atoms with E-state index in [9.17, 15) is 4.39 Å². The smallest absolute Gasteiger partial charge is 0.109 e. The second kappa shape index (κ2) is 2.77. The molecule has 0 aliphatic heterocycles. The summed E-state index contributed by atoms with van der Waals surface area (Å²) in [5.41, 5.74) is 0. The van der Waals surface area contributed by atoms with Crippen LogP contribution in [0, 0.1) is 0 Å². The van der Waals surface area contributed by atoms with E-state index >= 15 is 0 Å². The molecule has 38 valence electrons. The summed E-state index contributed by atoms with van der Waals surface area (Å²) in [5.74, 6) is 0. The van der Waals surface area contributed by atoms with Gasteiger partial charge in [-0.15, -0.1) is 0 Å². The Hall–Kier alpha value is 0.660. The number of alkyl halides is 2. The Kier molecular flexibility index (Phi) is 3.08. The molecule has 0 aliphatic rings. The summed E-state index contributed by atoms with van der Waals surface area (Å²) in [5, 5.41) is 0. The van der Waals surface area contributed by atoms with Crippen molar-refractivity contribution in [2.45, 2.75) is 23.9 Å². The van der Waals surface area contributed by atoms with E-state index < -0.39 is 6.17 Å². The van der Waals surface area contributed by atoms with Crippen molar-refractivity contribution in [1.82, 2.24) is 0 Å². The maximum absolute atomic E-state index is 11.8. The van der Waals surface area contributed by atoms with Crippen molar-refractivity contribution in [3.05, 3.63) is 0 Å². The predicted molar refractivity (Wildman–Crippen MR) is 34.1 cm³/mol. The number of halogens is 2. The molecule has 0 heterocycles. The third kappa shape index (κ3) is 2.87. The van der Waals surface area contributed by atoms with Crippen LogP contribution in [0.2, 0.25) is 0 Å². The molecule has 0 unspecified atom stereocenters. The lowest BCUT2D eigenvalue weighted by atomic mass is 10.3. The van der Waals surface area contributed by atoms with Gasteiger partial charge in [-0.1, -0.05) is 29.5 Å². The number of rotatable bonds is 1. The van der Waals surface area contributed by atoms with Gasteiger partial charge in [-0.3, -0.25) is 0 Å². The first kappa shape index (κ1) is 6.66.